The van der Waals surface area contributed by atoms with E-state index in [9.17, 15) is 5.11 Å². The van der Waals surface area contributed by atoms with Crippen molar-refractivity contribution in [2.45, 2.75) is 59.0 Å². The molecule has 0 aliphatic heterocycles. The van der Waals surface area contributed by atoms with Gasteiger partial charge in [0.1, 0.15) is 0 Å². The van der Waals surface area contributed by atoms with Gasteiger partial charge in [-0.3, -0.25) is 0 Å². The minimum Gasteiger partial charge on any atom is -0.392 e. The summed E-state index contributed by atoms with van der Waals surface area (Å²) in [6, 6.07) is 6.40. The van der Waals surface area contributed by atoms with Gasteiger partial charge in [-0.05, 0) is 61.6 Å². The lowest BCUT2D eigenvalue weighted by Crippen LogP contribution is -2.27. The third-order valence-corrected chi connectivity index (χ3v) is 4.66. The molecule has 1 unspecified atom stereocenters. The molecule has 18 heavy (non-hydrogen) atoms. The van der Waals surface area contributed by atoms with Gasteiger partial charge in [0.05, 0.1) is 6.10 Å². The van der Waals surface area contributed by atoms with Gasteiger partial charge in [0, 0.05) is 0 Å². The zero-order valence-electron chi connectivity index (χ0n) is 11.9. The Morgan fingerprint density at radius 3 is 2.22 bits per heavy atom. The summed E-state index contributed by atoms with van der Waals surface area (Å²) >= 11 is 0. The van der Waals surface area contributed by atoms with E-state index in [1.807, 2.05) is 0 Å². The molecule has 0 amide bonds. The number of aryl methyl sites for hydroxylation is 2. The fourth-order valence-corrected chi connectivity index (χ4v) is 3.22. The Hall–Kier alpha value is -0.820. The number of hydrogen-bond acceptors (Lipinski definition) is 1. The average Bonchev–Trinajstić information content (AvgIpc) is 2.34. The van der Waals surface area contributed by atoms with Crippen LogP contribution in [0.3, 0.4) is 0 Å². The van der Waals surface area contributed by atoms with Crippen LogP contribution in [0, 0.1) is 25.7 Å². The van der Waals surface area contributed by atoms with E-state index in [-0.39, 0.29) is 6.10 Å². The van der Waals surface area contributed by atoms with Crippen molar-refractivity contribution in [1.29, 1.82) is 0 Å². The van der Waals surface area contributed by atoms with Gasteiger partial charge < -0.3 is 5.11 Å². The zero-order chi connectivity index (χ0) is 13.1. The Kier molecular flexibility index (Phi) is 4.45. The third kappa shape index (κ3) is 3.14. The second kappa shape index (κ2) is 5.88. The van der Waals surface area contributed by atoms with Gasteiger partial charge in [0.2, 0.25) is 0 Å². The first-order valence-electron chi connectivity index (χ1n) is 7.31. The molecule has 1 heteroatoms. The van der Waals surface area contributed by atoms with Crippen molar-refractivity contribution in [2.24, 2.45) is 11.8 Å². The Morgan fingerprint density at radius 2 is 1.67 bits per heavy atom. The number of hydrogen-bond donors (Lipinski definition) is 1. The predicted molar refractivity (Wildman–Crippen MR) is 76.7 cm³/mol. The molecule has 0 spiro atoms. The summed E-state index contributed by atoms with van der Waals surface area (Å²) in [5.74, 6) is 1.37. The number of aliphatic hydroxyl groups excluding tert-OH is 1. The van der Waals surface area contributed by atoms with Crippen molar-refractivity contribution < 1.29 is 5.11 Å². The monoisotopic (exact) mass is 246 g/mol. The summed E-state index contributed by atoms with van der Waals surface area (Å²) in [5, 5.41) is 10.5. The summed E-state index contributed by atoms with van der Waals surface area (Å²) in [6.45, 7) is 6.63. The molecule has 0 radical (unpaired) electrons. The highest BCUT2D eigenvalue weighted by molar-refractivity contribution is 5.34. The van der Waals surface area contributed by atoms with Crippen LogP contribution in [0.1, 0.15) is 49.3 Å². The van der Waals surface area contributed by atoms with E-state index in [1.54, 1.807) is 0 Å². The van der Waals surface area contributed by atoms with Crippen molar-refractivity contribution in [2.75, 3.05) is 0 Å². The second-order valence-electron chi connectivity index (χ2n) is 6.16. The summed E-state index contributed by atoms with van der Waals surface area (Å²) in [7, 11) is 0. The van der Waals surface area contributed by atoms with Gasteiger partial charge >= 0.3 is 0 Å². The number of aliphatic hydroxyl groups is 1. The summed E-state index contributed by atoms with van der Waals surface area (Å²) in [5.41, 5.74) is 3.99. The van der Waals surface area contributed by atoms with Crippen LogP contribution >= 0.6 is 0 Å². The van der Waals surface area contributed by atoms with Gasteiger partial charge in [-0.25, -0.2) is 0 Å². The third-order valence-electron chi connectivity index (χ3n) is 4.66. The van der Waals surface area contributed by atoms with E-state index in [0.717, 1.165) is 12.3 Å². The quantitative estimate of drug-likeness (QED) is 0.853. The first kappa shape index (κ1) is 13.6. The van der Waals surface area contributed by atoms with Crippen LogP contribution in [0.5, 0.6) is 0 Å². The lowest BCUT2D eigenvalue weighted by Gasteiger charge is -2.30. The molecular weight excluding hydrogens is 220 g/mol. The van der Waals surface area contributed by atoms with Crippen LogP contribution in [0.25, 0.3) is 0 Å². The Morgan fingerprint density at radius 1 is 1.11 bits per heavy atom. The van der Waals surface area contributed by atoms with Crippen molar-refractivity contribution in [3.63, 3.8) is 0 Å². The SMILES string of the molecule is Cc1cccc(C)c1CC(O)C1CCC(C)CC1. The molecule has 1 aliphatic carbocycles. The minimum atomic E-state index is -0.155. The van der Waals surface area contributed by atoms with Crippen LogP contribution in [-0.4, -0.2) is 11.2 Å². The average molecular weight is 246 g/mol. The van der Waals surface area contributed by atoms with E-state index in [0.29, 0.717) is 5.92 Å². The fraction of sp³-hybridized carbons (Fsp3) is 0.647. The van der Waals surface area contributed by atoms with Gasteiger partial charge in [-0.15, -0.1) is 0 Å². The van der Waals surface area contributed by atoms with E-state index in [4.69, 9.17) is 0 Å². The largest absolute Gasteiger partial charge is 0.392 e. The highest BCUT2D eigenvalue weighted by atomic mass is 16.3. The lowest BCUT2D eigenvalue weighted by molar-refractivity contribution is 0.0758. The topological polar surface area (TPSA) is 20.2 Å². The second-order valence-corrected chi connectivity index (χ2v) is 6.16. The zero-order valence-corrected chi connectivity index (χ0v) is 11.9. The summed E-state index contributed by atoms with van der Waals surface area (Å²) < 4.78 is 0. The van der Waals surface area contributed by atoms with Crippen molar-refractivity contribution >= 4 is 0 Å². The highest BCUT2D eigenvalue weighted by Gasteiger charge is 2.25. The summed E-state index contributed by atoms with van der Waals surface area (Å²) in [4.78, 5) is 0. The minimum absolute atomic E-state index is 0.155. The summed E-state index contributed by atoms with van der Waals surface area (Å²) in [6.07, 6.45) is 5.65. The van der Waals surface area contributed by atoms with Crippen LogP contribution < -0.4 is 0 Å². The standard InChI is InChI=1S/C17H26O/c1-12-7-9-15(10-8-12)17(18)11-16-13(2)5-4-6-14(16)3/h4-6,12,15,17-18H,7-11H2,1-3H3. The maximum Gasteiger partial charge on any atom is 0.0608 e. The van der Waals surface area contributed by atoms with Crippen molar-refractivity contribution in [3.05, 3.63) is 34.9 Å². The van der Waals surface area contributed by atoms with E-state index < -0.39 is 0 Å². The molecule has 2 rings (SSSR count). The van der Waals surface area contributed by atoms with E-state index in [2.05, 4.69) is 39.0 Å². The van der Waals surface area contributed by atoms with E-state index >= 15 is 0 Å². The molecule has 0 saturated heterocycles. The van der Waals surface area contributed by atoms with E-state index in [1.165, 1.54) is 42.4 Å². The molecule has 0 heterocycles. The first-order valence-corrected chi connectivity index (χ1v) is 7.31. The number of rotatable bonds is 3. The molecule has 1 fully saturated rings. The Labute approximate surface area is 111 Å². The maximum absolute atomic E-state index is 10.5. The lowest BCUT2D eigenvalue weighted by atomic mass is 9.78. The number of benzene rings is 1. The molecule has 1 saturated carbocycles. The normalized spacial score (nSPS) is 26.0. The maximum atomic E-state index is 10.5. The van der Waals surface area contributed by atoms with Crippen LogP contribution in [0.15, 0.2) is 18.2 Å². The predicted octanol–water partition coefficient (Wildman–Crippen LogP) is 4.03. The molecule has 1 aromatic rings. The molecule has 100 valence electrons. The van der Waals surface area contributed by atoms with Gasteiger partial charge in [-0.2, -0.15) is 0 Å². The van der Waals surface area contributed by atoms with Gasteiger partial charge in [0.15, 0.2) is 0 Å². The van der Waals surface area contributed by atoms with Gasteiger partial charge in [0.25, 0.3) is 0 Å². The van der Waals surface area contributed by atoms with Gasteiger partial charge in [-0.1, -0.05) is 38.0 Å². The molecule has 1 atom stereocenters. The molecule has 0 bridgehead atoms. The first-order chi connectivity index (χ1) is 8.58. The Bertz CT molecular complexity index is 368. The molecule has 1 aromatic carbocycles. The van der Waals surface area contributed by atoms with Crippen molar-refractivity contribution in [3.8, 4) is 0 Å². The van der Waals surface area contributed by atoms with Crippen LogP contribution in [0.4, 0.5) is 0 Å². The molecule has 1 aliphatic rings. The molecule has 0 aromatic heterocycles. The van der Waals surface area contributed by atoms with Crippen molar-refractivity contribution in [1.82, 2.24) is 0 Å². The smallest absolute Gasteiger partial charge is 0.0608 e. The highest BCUT2D eigenvalue weighted by Crippen LogP contribution is 2.32. The van der Waals surface area contributed by atoms with Crippen LogP contribution in [-0.2, 0) is 6.42 Å². The molecule has 1 nitrogen and oxygen atoms in total. The molecule has 1 N–H and O–H groups in total. The van der Waals surface area contributed by atoms with Crippen LogP contribution in [0.2, 0.25) is 0 Å². The Balaban J connectivity index is 2.00. The molecular formula is C17H26O. The fourth-order valence-electron chi connectivity index (χ4n) is 3.22.